The van der Waals surface area contributed by atoms with Gasteiger partial charge >= 0.3 is 0 Å². The molecule has 2 rings (SSSR count). The van der Waals surface area contributed by atoms with Gasteiger partial charge in [0.05, 0.1) is 17.5 Å². The highest BCUT2D eigenvalue weighted by molar-refractivity contribution is 5.53. The van der Waals surface area contributed by atoms with Gasteiger partial charge < -0.3 is 5.73 Å². The van der Waals surface area contributed by atoms with E-state index in [4.69, 9.17) is 5.73 Å². The van der Waals surface area contributed by atoms with E-state index in [0.717, 1.165) is 5.69 Å². The van der Waals surface area contributed by atoms with Gasteiger partial charge in [-0.1, -0.05) is 5.92 Å². The molecule has 2 N–H and O–H groups in total. The number of rotatable bonds is 0. The van der Waals surface area contributed by atoms with Gasteiger partial charge in [0.1, 0.15) is 17.8 Å². The van der Waals surface area contributed by atoms with Gasteiger partial charge in [-0.25, -0.2) is 15.0 Å². The van der Waals surface area contributed by atoms with Crippen LogP contribution in [0.3, 0.4) is 0 Å². The van der Waals surface area contributed by atoms with Crippen molar-refractivity contribution in [1.82, 2.24) is 19.9 Å². The van der Waals surface area contributed by atoms with E-state index >= 15 is 0 Å². The van der Waals surface area contributed by atoms with Gasteiger partial charge in [0, 0.05) is 12.4 Å². The van der Waals surface area contributed by atoms with E-state index in [0.29, 0.717) is 17.1 Å². The maximum atomic E-state index is 5.70. The lowest BCUT2D eigenvalue weighted by Crippen LogP contribution is -1.99. The van der Waals surface area contributed by atoms with Gasteiger partial charge in [-0.2, -0.15) is 0 Å². The quantitative estimate of drug-likeness (QED) is 0.644. The number of anilines is 1. The zero-order valence-electron chi connectivity index (χ0n) is 8.68. The van der Waals surface area contributed by atoms with Crippen LogP contribution in [0.15, 0.2) is 24.9 Å². The summed E-state index contributed by atoms with van der Waals surface area (Å²) < 4.78 is 0. The maximum Gasteiger partial charge on any atom is 0.142 e. The van der Waals surface area contributed by atoms with Gasteiger partial charge in [-0.05, 0) is 12.8 Å². The highest BCUT2D eigenvalue weighted by atomic mass is 14.9. The summed E-state index contributed by atoms with van der Waals surface area (Å²) in [5.41, 5.74) is 7.67. The minimum atomic E-state index is 0.379. The zero-order valence-corrected chi connectivity index (χ0v) is 8.68. The van der Waals surface area contributed by atoms with Crippen molar-refractivity contribution in [3.63, 3.8) is 0 Å². The highest BCUT2D eigenvalue weighted by Gasteiger charge is 2.00. The second-order valence-electron chi connectivity index (χ2n) is 3.06. The molecule has 5 nitrogen and oxygen atoms in total. The molecule has 0 aliphatic heterocycles. The Balaban J connectivity index is 2.39. The molecule has 0 fully saturated rings. The van der Waals surface area contributed by atoms with E-state index in [1.807, 2.05) is 6.92 Å². The van der Waals surface area contributed by atoms with Crippen LogP contribution in [0.2, 0.25) is 0 Å². The molecule has 0 atom stereocenters. The van der Waals surface area contributed by atoms with E-state index in [-0.39, 0.29) is 0 Å². The first-order chi connectivity index (χ1) is 7.77. The number of hydrogen-bond donors (Lipinski definition) is 1. The van der Waals surface area contributed by atoms with Crippen LogP contribution in [-0.4, -0.2) is 19.9 Å². The van der Waals surface area contributed by atoms with Gasteiger partial charge in [0.2, 0.25) is 0 Å². The summed E-state index contributed by atoms with van der Waals surface area (Å²) in [6.07, 6.45) is 6.18. The minimum absolute atomic E-state index is 0.379. The largest absolute Gasteiger partial charge is 0.383 e. The molecule has 0 aliphatic rings. The van der Waals surface area contributed by atoms with Crippen LogP contribution < -0.4 is 5.73 Å². The van der Waals surface area contributed by atoms with Crippen molar-refractivity contribution in [3.05, 3.63) is 41.9 Å². The van der Waals surface area contributed by atoms with Crippen LogP contribution in [0, 0.1) is 18.8 Å². The average molecular weight is 211 g/mol. The van der Waals surface area contributed by atoms with Crippen molar-refractivity contribution in [1.29, 1.82) is 0 Å². The topological polar surface area (TPSA) is 77.6 Å². The highest BCUT2D eigenvalue weighted by Crippen LogP contribution is 2.08. The SMILES string of the molecule is Cc1ncnc(N)c1C#Cc1cnccn1. The third-order valence-corrected chi connectivity index (χ3v) is 1.94. The molecule has 5 heteroatoms. The third-order valence-electron chi connectivity index (χ3n) is 1.94. The Morgan fingerprint density at radius 3 is 2.69 bits per heavy atom. The minimum Gasteiger partial charge on any atom is -0.383 e. The molecule has 0 saturated carbocycles. The lowest BCUT2D eigenvalue weighted by Gasteiger charge is -1.98. The first-order valence-electron chi connectivity index (χ1n) is 4.62. The van der Waals surface area contributed by atoms with Crippen molar-refractivity contribution in [2.75, 3.05) is 5.73 Å². The van der Waals surface area contributed by atoms with Crippen LogP contribution in [0.5, 0.6) is 0 Å². The van der Waals surface area contributed by atoms with Gasteiger partial charge in [-0.15, -0.1) is 0 Å². The standard InChI is InChI=1S/C11H9N5/c1-8-10(11(12)16-7-15-8)3-2-9-6-13-4-5-14-9/h4-7H,1H3,(H2,12,15,16). The van der Waals surface area contributed by atoms with Crippen molar-refractivity contribution in [3.8, 4) is 11.8 Å². The van der Waals surface area contributed by atoms with Crippen molar-refractivity contribution in [2.24, 2.45) is 0 Å². The molecule has 2 aromatic heterocycles. The molecule has 0 unspecified atom stereocenters. The molecule has 16 heavy (non-hydrogen) atoms. The van der Waals surface area contributed by atoms with Gasteiger partial charge in [0.15, 0.2) is 0 Å². The number of nitrogen functional groups attached to an aromatic ring is 1. The fraction of sp³-hybridized carbons (Fsp3) is 0.0909. The van der Waals surface area contributed by atoms with E-state index < -0.39 is 0 Å². The van der Waals surface area contributed by atoms with E-state index in [9.17, 15) is 0 Å². The van der Waals surface area contributed by atoms with Crippen molar-refractivity contribution in [2.45, 2.75) is 6.92 Å². The molecule has 2 heterocycles. The third kappa shape index (κ3) is 2.12. The lowest BCUT2D eigenvalue weighted by molar-refractivity contribution is 1.10. The monoisotopic (exact) mass is 211 g/mol. The predicted molar refractivity (Wildman–Crippen MR) is 59.2 cm³/mol. The molecule has 2 aromatic rings. The summed E-state index contributed by atoms with van der Waals surface area (Å²) in [4.78, 5) is 15.9. The van der Waals surface area contributed by atoms with Crippen LogP contribution in [0.25, 0.3) is 0 Å². The molecular formula is C11H9N5. The van der Waals surface area contributed by atoms with Crippen LogP contribution in [0.1, 0.15) is 17.0 Å². The number of nitrogens with zero attached hydrogens (tertiary/aromatic N) is 4. The first kappa shape index (κ1) is 10.1. The smallest absolute Gasteiger partial charge is 0.142 e. The Bertz CT molecular complexity index is 533. The van der Waals surface area contributed by atoms with E-state index in [1.54, 1.807) is 18.6 Å². The van der Waals surface area contributed by atoms with E-state index in [2.05, 4.69) is 31.8 Å². The molecule has 0 bridgehead atoms. The van der Waals surface area contributed by atoms with Crippen molar-refractivity contribution >= 4 is 5.82 Å². The Kier molecular flexibility index (Phi) is 2.74. The van der Waals surface area contributed by atoms with E-state index in [1.165, 1.54) is 6.33 Å². The summed E-state index contributed by atoms with van der Waals surface area (Å²) in [6, 6.07) is 0. The lowest BCUT2D eigenvalue weighted by atomic mass is 10.2. The Labute approximate surface area is 92.8 Å². The number of aromatic nitrogens is 4. The molecular weight excluding hydrogens is 202 g/mol. The summed E-state index contributed by atoms with van der Waals surface area (Å²) in [6.45, 7) is 1.83. The second kappa shape index (κ2) is 4.36. The van der Waals surface area contributed by atoms with Gasteiger partial charge in [0.25, 0.3) is 0 Å². The molecule has 0 spiro atoms. The number of aryl methyl sites for hydroxylation is 1. The fourth-order valence-corrected chi connectivity index (χ4v) is 1.14. The Morgan fingerprint density at radius 1 is 1.12 bits per heavy atom. The molecule has 0 saturated heterocycles. The second-order valence-corrected chi connectivity index (χ2v) is 3.06. The summed E-state index contributed by atoms with van der Waals surface area (Å²) >= 11 is 0. The Hall–Kier alpha value is -2.48. The fourth-order valence-electron chi connectivity index (χ4n) is 1.14. The van der Waals surface area contributed by atoms with Gasteiger partial charge in [-0.3, -0.25) is 4.98 Å². The van der Waals surface area contributed by atoms with Crippen LogP contribution in [-0.2, 0) is 0 Å². The predicted octanol–water partition coefficient (Wildman–Crippen LogP) is 0.557. The molecule has 0 aromatic carbocycles. The van der Waals surface area contributed by atoms with Crippen LogP contribution in [0.4, 0.5) is 5.82 Å². The average Bonchev–Trinajstić information content (AvgIpc) is 2.30. The zero-order chi connectivity index (χ0) is 11.4. The normalized spacial score (nSPS) is 9.31. The summed E-state index contributed by atoms with van der Waals surface area (Å²) in [7, 11) is 0. The van der Waals surface area contributed by atoms with Crippen molar-refractivity contribution < 1.29 is 0 Å². The summed E-state index contributed by atoms with van der Waals surface area (Å²) in [5, 5.41) is 0. The first-order valence-corrected chi connectivity index (χ1v) is 4.62. The molecule has 0 radical (unpaired) electrons. The molecule has 0 aliphatic carbocycles. The molecule has 78 valence electrons. The molecule has 0 amide bonds. The number of nitrogens with two attached hydrogens (primary N) is 1. The summed E-state index contributed by atoms with van der Waals surface area (Å²) in [5.74, 6) is 6.13. The van der Waals surface area contributed by atoms with Crippen LogP contribution >= 0.6 is 0 Å². The maximum absolute atomic E-state index is 5.70. The Morgan fingerprint density at radius 2 is 2.00 bits per heavy atom. The number of hydrogen-bond acceptors (Lipinski definition) is 5.